The van der Waals surface area contributed by atoms with Crippen LogP contribution in [-0.2, 0) is 14.8 Å². The summed E-state index contributed by atoms with van der Waals surface area (Å²) in [6.45, 7) is 3.57. The number of furan rings is 1. The predicted octanol–water partition coefficient (Wildman–Crippen LogP) is 3.73. The maximum Gasteiger partial charge on any atom is 0.243 e. The summed E-state index contributed by atoms with van der Waals surface area (Å²) in [4.78, 5) is 7.97. The van der Waals surface area contributed by atoms with Gasteiger partial charge in [-0.25, -0.2) is 22.8 Å². The topological polar surface area (TPSA) is 143 Å². The largest absolute Gasteiger partial charge is 0.494 e. The van der Waals surface area contributed by atoms with Gasteiger partial charge in [0.25, 0.3) is 0 Å². The maximum atomic E-state index is 13.9. The molecule has 0 fully saturated rings. The highest BCUT2D eigenvalue weighted by molar-refractivity contribution is 7.93. The molecule has 0 saturated carbocycles. The van der Waals surface area contributed by atoms with Crippen molar-refractivity contribution in [3.8, 4) is 28.8 Å². The number of anilines is 1. The second kappa shape index (κ2) is 11.8. The Kier molecular flexibility index (Phi) is 8.45. The minimum Gasteiger partial charge on any atom is -0.494 e. The molecule has 4 aromatic rings. The zero-order chi connectivity index (χ0) is 28.2. The molecule has 3 heterocycles. The zero-order valence-corrected chi connectivity index (χ0v) is 22.9. The molecule has 0 radical (unpaired) electrons. The van der Waals surface area contributed by atoms with Gasteiger partial charge in [-0.2, -0.15) is 0 Å². The maximum absolute atomic E-state index is 13.9. The van der Waals surface area contributed by atoms with Gasteiger partial charge in [0.2, 0.25) is 21.8 Å². The van der Waals surface area contributed by atoms with Crippen LogP contribution in [0.5, 0.6) is 11.5 Å². The Hall–Kier alpha value is -4.04. The van der Waals surface area contributed by atoms with E-state index in [9.17, 15) is 12.8 Å². The fourth-order valence-electron chi connectivity index (χ4n) is 4.16. The van der Waals surface area contributed by atoms with Gasteiger partial charge in [-0.3, -0.25) is 9.29 Å². The SMILES string of the molecule is COCC[C@H]([C@H](C)c1ncc(F)cn1)S(=O)(=O)Nc1nnc(-c2ccc(C)o2)n1-c1c(OC)cccc1OC. The lowest BCUT2D eigenvalue weighted by Gasteiger charge is -2.24. The molecule has 14 heteroatoms. The third-order valence-electron chi connectivity index (χ3n) is 6.09. The van der Waals surface area contributed by atoms with E-state index >= 15 is 0 Å². The fourth-order valence-corrected chi connectivity index (χ4v) is 5.77. The monoisotopic (exact) mass is 560 g/mol. The van der Waals surface area contributed by atoms with Gasteiger partial charge < -0.3 is 18.6 Å². The molecular formula is C25H29FN6O6S. The van der Waals surface area contributed by atoms with Crippen LogP contribution in [0.2, 0.25) is 0 Å². The minimum absolute atomic E-state index is 0.101. The molecule has 0 amide bonds. The Morgan fingerprint density at radius 1 is 1.05 bits per heavy atom. The third kappa shape index (κ3) is 5.86. The highest BCUT2D eigenvalue weighted by Crippen LogP contribution is 2.38. The average molecular weight is 561 g/mol. The van der Waals surface area contributed by atoms with Crippen LogP contribution in [0.15, 0.2) is 47.1 Å². The van der Waals surface area contributed by atoms with Gasteiger partial charge >= 0.3 is 0 Å². The van der Waals surface area contributed by atoms with Crippen molar-refractivity contribution in [2.24, 2.45) is 0 Å². The molecule has 39 heavy (non-hydrogen) atoms. The first-order valence-electron chi connectivity index (χ1n) is 11.9. The number of benzene rings is 1. The van der Waals surface area contributed by atoms with Crippen molar-refractivity contribution in [3.05, 3.63) is 60.1 Å². The predicted molar refractivity (Wildman–Crippen MR) is 140 cm³/mol. The molecule has 4 rings (SSSR count). The van der Waals surface area contributed by atoms with Gasteiger partial charge in [0.1, 0.15) is 28.8 Å². The van der Waals surface area contributed by atoms with E-state index in [0.717, 1.165) is 12.4 Å². The van der Waals surface area contributed by atoms with Gasteiger partial charge in [-0.1, -0.05) is 13.0 Å². The number of aryl methyl sites for hydroxylation is 1. The van der Waals surface area contributed by atoms with Crippen molar-refractivity contribution in [2.45, 2.75) is 31.4 Å². The molecule has 0 spiro atoms. The standard InChI is InChI=1S/C25H29FN6O6S/c1-15-9-10-20(38-15)24-29-30-25(32(24)22-18(36-4)7-6-8-19(22)37-5)31-39(33,34)21(11-12-35-3)16(2)23-27-13-17(26)14-28-23/h6-10,13-14,16,21H,11-12H2,1-5H3,(H,30,31)/t16-,21+/m0/s1. The van der Waals surface area contributed by atoms with E-state index in [1.165, 1.54) is 25.9 Å². The molecule has 1 aromatic carbocycles. The number of hydrogen-bond donors (Lipinski definition) is 1. The zero-order valence-electron chi connectivity index (χ0n) is 22.1. The van der Waals surface area contributed by atoms with Crippen LogP contribution in [0.1, 0.15) is 30.8 Å². The number of para-hydroxylation sites is 1. The summed E-state index contributed by atoms with van der Waals surface area (Å²) in [6.07, 6.45) is 2.09. The number of sulfonamides is 1. The van der Waals surface area contributed by atoms with Crippen molar-refractivity contribution in [1.29, 1.82) is 0 Å². The van der Waals surface area contributed by atoms with Crippen molar-refractivity contribution in [3.63, 3.8) is 0 Å². The molecule has 3 aromatic heterocycles. The molecule has 0 aliphatic heterocycles. The van der Waals surface area contributed by atoms with Crippen molar-refractivity contribution in [2.75, 3.05) is 32.7 Å². The van der Waals surface area contributed by atoms with Gasteiger partial charge in [0.05, 0.1) is 31.9 Å². The van der Waals surface area contributed by atoms with E-state index in [1.807, 2.05) is 0 Å². The third-order valence-corrected chi connectivity index (χ3v) is 8.00. The summed E-state index contributed by atoms with van der Waals surface area (Å²) in [5.74, 6) is 0.642. The number of nitrogens with zero attached hydrogens (tertiary/aromatic N) is 5. The second-order valence-electron chi connectivity index (χ2n) is 8.62. The van der Waals surface area contributed by atoms with E-state index in [-0.39, 0.29) is 30.6 Å². The van der Waals surface area contributed by atoms with Gasteiger partial charge in [-0.15, -0.1) is 10.2 Å². The molecule has 0 bridgehead atoms. The molecular weight excluding hydrogens is 531 g/mol. The number of rotatable bonds is 12. The second-order valence-corrected chi connectivity index (χ2v) is 10.5. The highest BCUT2D eigenvalue weighted by atomic mass is 32.2. The Balaban J connectivity index is 1.84. The van der Waals surface area contributed by atoms with Gasteiger partial charge in [0, 0.05) is 19.6 Å². The van der Waals surface area contributed by atoms with Crippen LogP contribution in [-0.4, -0.2) is 66.3 Å². The number of nitrogens with one attached hydrogen (secondary N) is 1. The summed E-state index contributed by atoms with van der Waals surface area (Å²) < 4.78 is 67.3. The summed E-state index contributed by atoms with van der Waals surface area (Å²) >= 11 is 0. The van der Waals surface area contributed by atoms with Crippen LogP contribution < -0.4 is 14.2 Å². The molecule has 208 valence electrons. The number of ether oxygens (including phenoxy) is 3. The quantitative estimate of drug-likeness (QED) is 0.272. The van der Waals surface area contributed by atoms with Crippen LogP contribution in [0.25, 0.3) is 17.3 Å². The van der Waals surface area contributed by atoms with E-state index in [1.54, 1.807) is 44.2 Å². The number of hydrogen-bond acceptors (Lipinski definition) is 10. The number of methoxy groups -OCH3 is 3. The molecule has 1 N–H and O–H groups in total. The fraction of sp³-hybridized carbons (Fsp3) is 0.360. The molecule has 12 nitrogen and oxygen atoms in total. The molecule has 0 aliphatic carbocycles. The first kappa shape index (κ1) is 28.0. The van der Waals surface area contributed by atoms with E-state index < -0.39 is 27.0 Å². The lowest BCUT2D eigenvalue weighted by molar-refractivity contribution is 0.191. The smallest absolute Gasteiger partial charge is 0.243 e. The van der Waals surface area contributed by atoms with Gasteiger partial charge in [-0.05, 0) is 37.6 Å². The number of aromatic nitrogens is 5. The Morgan fingerprint density at radius 2 is 1.72 bits per heavy atom. The van der Waals surface area contributed by atoms with Crippen molar-refractivity contribution in [1.82, 2.24) is 24.7 Å². The summed E-state index contributed by atoms with van der Waals surface area (Å²) in [7, 11) is 0.254. The van der Waals surface area contributed by atoms with E-state index in [2.05, 4.69) is 24.9 Å². The molecule has 0 saturated heterocycles. The Labute approximate surface area is 225 Å². The average Bonchev–Trinajstić information content (AvgIpc) is 3.53. The van der Waals surface area contributed by atoms with E-state index in [4.69, 9.17) is 18.6 Å². The Morgan fingerprint density at radius 3 is 2.28 bits per heavy atom. The lowest BCUT2D eigenvalue weighted by Crippen LogP contribution is -2.35. The van der Waals surface area contributed by atoms with Crippen LogP contribution >= 0.6 is 0 Å². The molecule has 2 atom stereocenters. The van der Waals surface area contributed by atoms with E-state index in [0.29, 0.717) is 28.7 Å². The minimum atomic E-state index is -4.18. The Bertz CT molecular complexity index is 1500. The lowest BCUT2D eigenvalue weighted by atomic mass is 10.0. The van der Waals surface area contributed by atoms with Gasteiger partial charge in [0.15, 0.2) is 11.6 Å². The highest BCUT2D eigenvalue weighted by Gasteiger charge is 2.35. The van der Waals surface area contributed by atoms with Crippen LogP contribution in [0.4, 0.5) is 10.3 Å². The first-order valence-corrected chi connectivity index (χ1v) is 13.5. The summed E-state index contributed by atoms with van der Waals surface area (Å²) in [5, 5.41) is 7.33. The van der Waals surface area contributed by atoms with Crippen molar-refractivity contribution >= 4 is 16.0 Å². The number of halogens is 1. The first-order chi connectivity index (χ1) is 18.7. The van der Waals surface area contributed by atoms with Crippen molar-refractivity contribution < 1.29 is 31.4 Å². The summed E-state index contributed by atoms with van der Waals surface area (Å²) in [5.41, 5.74) is 0.359. The molecule has 0 unspecified atom stereocenters. The molecule has 0 aliphatic rings. The summed E-state index contributed by atoms with van der Waals surface area (Å²) in [6, 6.07) is 8.58. The van der Waals surface area contributed by atoms with Crippen LogP contribution in [0.3, 0.4) is 0 Å². The van der Waals surface area contributed by atoms with Crippen LogP contribution in [0, 0.1) is 12.7 Å². The normalized spacial score (nSPS) is 13.2.